The Balaban J connectivity index is 1.52. The number of hydrogen-bond donors (Lipinski definition) is 1. The molecule has 0 aromatic heterocycles. The molecule has 7 heteroatoms. The lowest BCUT2D eigenvalue weighted by molar-refractivity contribution is -0.123. The number of sulfone groups is 1. The number of halogens is 1. The fraction of sp³-hybridized carbons (Fsp3) is 0.562. The van der Waals surface area contributed by atoms with Crippen LogP contribution in [-0.2, 0) is 20.0 Å². The number of hydrogen-bond acceptors (Lipinski definition) is 4. The Morgan fingerprint density at radius 1 is 1.22 bits per heavy atom. The quantitative estimate of drug-likeness (QED) is 0.857. The van der Waals surface area contributed by atoms with Crippen molar-refractivity contribution in [3.63, 3.8) is 0 Å². The monoisotopic (exact) mass is 340 g/mol. The number of benzene rings is 1. The van der Waals surface area contributed by atoms with E-state index in [1.54, 1.807) is 18.2 Å². The van der Waals surface area contributed by atoms with Crippen molar-refractivity contribution < 1.29 is 17.6 Å². The summed E-state index contributed by atoms with van der Waals surface area (Å²) in [6, 6.07) is 6.44. The first-order valence-corrected chi connectivity index (χ1v) is 9.71. The van der Waals surface area contributed by atoms with Crippen LogP contribution in [0.3, 0.4) is 0 Å². The summed E-state index contributed by atoms with van der Waals surface area (Å²) in [7, 11) is -2.88. The molecule has 5 nitrogen and oxygen atoms in total. The Bertz CT molecular complexity index is 687. The molecule has 1 aliphatic carbocycles. The minimum Gasteiger partial charge on any atom is -0.354 e. The largest absolute Gasteiger partial charge is 0.354 e. The van der Waals surface area contributed by atoms with Gasteiger partial charge in [-0.1, -0.05) is 18.2 Å². The zero-order valence-corrected chi connectivity index (χ0v) is 13.7. The zero-order chi connectivity index (χ0) is 16.5. The Labute approximate surface area is 135 Å². The lowest BCUT2D eigenvalue weighted by Gasteiger charge is -2.26. The van der Waals surface area contributed by atoms with Gasteiger partial charge in [-0.2, -0.15) is 0 Å². The molecule has 0 spiro atoms. The zero-order valence-electron chi connectivity index (χ0n) is 12.9. The summed E-state index contributed by atoms with van der Waals surface area (Å²) in [4.78, 5) is 14.5. The number of nitrogens with one attached hydrogen (secondary N) is 1. The minimum absolute atomic E-state index is 0.132. The lowest BCUT2D eigenvalue weighted by Crippen LogP contribution is -2.45. The first-order chi connectivity index (χ1) is 10.9. The van der Waals surface area contributed by atoms with Gasteiger partial charge >= 0.3 is 0 Å². The molecule has 2 aliphatic rings. The minimum atomic E-state index is -2.88. The van der Waals surface area contributed by atoms with E-state index in [0.29, 0.717) is 44.6 Å². The van der Waals surface area contributed by atoms with Crippen LogP contribution in [0.5, 0.6) is 0 Å². The molecule has 1 amide bonds. The van der Waals surface area contributed by atoms with Crippen LogP contribution < -0.4 is 5.32 Å². The highest BCUT2D eigenvalue weighted by Crippen LogP contribution is 2.49. The van der Waals surface area contributed by atoms with E-state index in [2.05, 4.69) is 5.32 Å². The molecule has 23 heavy (non-hydrogen) atoms. The van der Waals surface area contributed by atoms with Gasteiger partial charge in [-0.05, 0) is 18.9 Å². The van der Waals surface area contributed by atoms with Gasteiger partial charge < -0.3 is 5.32 Å². The summed E-state index contributed by atoms with van der Waals surface area (Å²) < 4.78 is 36.7. The fourth-order valence-corrected chi connectivity index (χ4v) is 4.34. The smallest absolute Gasteiger partial charge is 0.230 e. The third kappa shape index (κ3) is 3.55. The number of rotatable bonds is 5. The van der Waals surface area contributed by atoms with Crippen LogP contribution in [0.2, 0.25) is 0 Å². The number of carbonyl (C=O) groups excluding carboxylic acids is 1. The van der Waals surface area contributed by atoms with Gasteiger partial charge in [0.25, 0.3) is 0 Å². The van der Waals surface area contributed by atoms with Crippen LogP contribution in [0.15, 0.2) is 24.3 Å². The van der Waals surface area contributed by atoms with Crippen LogP contribution >= 0.6 is 0 Å². The summed E-state index contributed by atoms with van der Waals surface area (Å²) in [5.74, 6) is -0.103. The Hall–Kier alpha value is -1.47. The van der Waals surface area contributed by atoms with E-state index in [0.717, 1.165) is 0 Å². The molecular formula is C16H21FN2O3S. The maximum Gasteiger partial charge on any atom is 0.230 e. The van der Waals surface area contributed by atoms with E-state index in [1.165, 1.54) is 6.07 Å². The first kappa shape index (κ1) is 16.4. The number of carbonyl (C=O) groups is 1. The third-order valence-corrected chi connectivity index (χ3v) is 6.33. The lowest BCUT2D eigenvalue weighted by atomic mass is 9.94. The maximum atomic E-state index is 13.9. The second kappa shape index (κ2) is 6.20. The Morgan fingerprint density at radius 3 is 2.48 bits per heavy atom. The highest BCUT2D eigenvalue weighted by molar-refractivity contribution is 7.91. The van der Waals surface area contributed by atoms with Gasteiger partial charge in [0.2, 0.25) is 5.91 Å². The third-order valence-electron chi connectivity index (χ3n) is 4.72. The van der Waals surface area contributed by atoms with Crippen LogP contribution in [0, 0.1) is 5.82 Å². The number of nitrogens with zero attached hydrogens (tertiary/aromatic N) is 1. The molecule has 3 rings (SSSR count). The van der Waals surface area contributed by atoms with Gasteiger partial charge in [0.15, 0.2) is 9.84 Å². The van der Waals surface area contributed by atoms with Crippen molar-refractivity contribution in [1.29, 1.82) is 0 Å². The van der Waals surface area contributed by atoms with Crippen molar-refractivity contribution in [1.82, 2.24) is 10.2 Å². The van der Waals surface area contributed by atoms with Gasteiger partial charge in [0.05, 0.1) is 16.9 Å². The van der Waals surface area contributed by atoms with Gasteiger partial charge in [-0.3, -0.25) is 9.69 Å². The molecule has 126 valence electrons. The normalized spacial score (nSPS) is 22.5. The van der Waals surface area contributed by atoms with Crippen molar-refractivity contribution in [3.8, 4) is 0 Å². The van der Waals surface area contributed by atoms with E-state index in [9.17, 15) is 17.6 Å². The maximum absolute atomic E-state index is 13.9. The molecular weight excluding hydrogens is 319 g/mol. The molecule has 0 radical (unpaired) electrons. The summed E-state index contributed by atoms with van der Waals surface area (Å²) in [5, 5.41) is 2.88. The van der Waals surface area contributed by atoms with Gasteiger partial charge in [-0.25, -0.2) is 12.8 Å². The standard InChI is InChI=1S/C16H21FN2O3S/c17-14-4-2-1-3-13(14)16(5-6-16)15(20)18-7-8-19-9-11-23(21,22)12-10-19/h1-4H,5-12H2,(H,18,20). The van der Waals surface area contributed by atoms with Crippen LogP contribution in [0.1, 0.15) is 18.4 Å². The molecule has 0 atom stereocenters. The predicted molar refractivity (Wildman–Crippen MR) is 85.4 cm³/mol. The molecule has 2 fully saturated rings. The second-order valence-corrected chi connectivity index (χ2v) is 8.61. The molecule has 1 saturated heterocycles. The molecule has 1 aliphatic heterocycles. The average molecular weight is 340 g/mol. The van der Waals surface area contributed by atoms with Gasteiger partial charge in [0.1, 0.15) is 5.82 Å². The van der Waals surface area contributed by atoms with Crippen molar-refractivity contribution >= 4 is 15.7 Å². The summed E-state index contributed by atoms with van der Waals surface area (Å²) >= 11 is 0. The van der Waals surface area contributed by atoms with Crippen molar-refractivity contribution in [2.45, 2.75) is 18.3 Å². The summed E-state index contributed by atoms with van der Waals surface area (Å²) in [6.07, 6.45) is 1.34. The average Bonchev–Trinajstić information content (AvgIpc) is 3.31. The SMILES string of the molecule is O=C(NCCN1CCS(=O)(=O)CC1)C1(c2ccccc2F)CC1. The molecule has 1 aromatic rings. The molecule has 1 N–H and O–H groups in total. The van der Waals surface area contributed by atoms with Crippen LogP contribution in [0.4, 0.5) is 4.39 Å². The highest BCUT2D eigenvalue weighted by Gasteiger charge is 2.52. The van der Waals surface area contributed by atoms with E-state index >= 15 is 0 Å². The molecule has 1 saturated carbocycles. The van der Waals surface area contributed by atoms with E-state index in [4.69, 9.17) is 0 Å². The van der Waals surface area contributed by atoms with Crippen molar-refractivity contribution in [2.75, 3.05) is 37.7 Å². The van der Waals surface area contributed by atoms with Crippen LogP contribution in [0.25, 0.3) is 0 Å². The Morgan fingerprint density at radius 2 is 1.87 bits per heavy atom. The molecule has 0 bridgehead atoms. The fourth-order valence-electron chi connectivity index (χ4n) is 3.06. The van der Waals surface area contributed by atoms with E-state index in [1.807, 2.05) is 4.90 Å². The van der Waals surface area contributed by atoms with E-state index < -0.39 is 15.3 Å². The van der Waals surface area contributed by atoms with Gasteiger partial charge in [0, 0.05) is 31.7 Å². The van der Waals surface area contributed by atoms with Crippen molar-refractivity contribution in [2.24, 2.45) is 0 Å². The van der Waals surface area contributed by atoms with E-state index in [-0.39, 0.29) is 23.2 Å². The van der Waals surface area contributed by atoms with Crippen molar-refractivity contribution in [3.05, 3.63) is 35.6 Å². The number of amides is 1. The molecule has 0 unspecified atom stereocenters. The first-order valence-electron chi connectivity index (χ1n) is 7.89. The van der Waals surface area contributed by atoms with Gasteiger partial charge in [-0.15, -0.1) is 0 Å². The summed E-state index contributed by atoms with van der Waals surface area (Å²) in [6.45, 7) is 2.09. The molecule has 1 aromatic carbocycles. The Kier molecular flexibility index (Phi) is 4.42. The topological polar surface area (TPSA) is 66.5 Å². The highest BCUT2D eigenvalue weighted by atomic mass is 32.2. The summed E-state index contributed by atoms with van der Waals surface area (Å²) in [5.41, 5.74) is -0.238. The predicted octanol–water partition coefficient (Wildman–Crippen LogP) is 0.704. The van der Waals surface area contributed by atoms with Crippen LogP contribution in [-0.4, -0.2) is 56.9 Å². The second-order valence-electron chi connectivity index (χ2n) is 6.31. The molecule has 1 heterocycles.